The van der Waals surface area contributed by atoms with Crippen LogP contribution >= 0.6 is 11.3 Å². The van der Waals surface area contributed by atoms with Gasteiger partial charge in [0, 0.05) is 16.7 Å². The molecule has 0 fully saturated rings. The van der Waals surface area contributed by atoms with E-state index in [2.05, 4.69) is 9.97 Å². The summed E-state index contributed by atoms with van der Waals surface area (Å²) < 4.78 is 0. The Hall–Kier alpha value is -1.49. The van der Waals surface area contributed by atoms with E-state index in [0.717, 1.165) is 42.3 Å². The maximum atomic E-state index is 11.4. The molecule has 0 bridgehead atoms. The average Bonchev–Trinajstić information content (AvgIpc) is 2.87. The van der Waals surface area contributed by atoms with Gasteiger partial charge in [0.05, 0.1) is 0 Å². The van der Waals surface area contributed by atoms with E-state index in [-0.39, 0.29) is 5.69 Å². The number of hydrogen-bond acceptors (Lipinski definition) is 4. The first-order valence-corrected chi connectivity index (χ1v) is 7.06. The Morgan fingerprint density at radius 3 is 2.94 bits per heavy atom. The van der Waals surface area contributed by atoms with Crippen LogP contribution in [-0.2, 0) is 19.3 Å². The molecule has 4 nitrogen and oxygen atoms in total. The van der Waals surface area contributed by atoms with Gasteiger partial charge in [-0.2, -0.15) is 0 Å². The van der Waals surface area contributed by atoms with Crippen molar-refractivity contribution in [2.75, 3.05) is 0 Å². The van der Waals surface area contributed by atoms with Crippen molar-refractivity contribution in [3.05, 3.63) is 22.0 Å². The van der Waals surface area contributed by atoms with Crippen molar-refractivity contribution in [1.29, 1.82) is 0 Å². The molecule has 0 aromatic carbocycles. The maximum absolute atomic E-state index is 11.4. The molecule has 0 spiro atoms. The highest BCUT2D eigenvalue weighted by molar-refractivity contribution is 7.19. The second kappa shape index (κ2) is 4.31. The fraction of sp³-hybridized carbons (Fsp3) is 0.462. The van der Waals surface area contributed by atoms with Crippen LogP contribution in [0.4, 0.5) is 0 Å². The maximum Gasteiger partial charge on any atom is 0.355 e. The standard InChI is InChI=1S/C13H14N2O2S/c1-2-4-9-14-11(13(16)17)10-7-5-3-6-8(7)18-12(10)15-9/h2-6H2,1H3,(H,16,17). The number of carbonyl (C=O) groups is 1. The van der Waals surface area contributed by atoms with Crippen LogP contribution in [0.25, 0.3) is 10.2 Å². The molecule has 1 aliphatic carbocycles. The van der Waals surface area contributed by atoms with E-state index in [4.69, 9.17) is 0 Å². The van der Waals surface area contributed by atoms with Gasteiger partial charge in [0.1, 0.15) is 10.7 Å². The zero-order valence-corrected chi connectivity index (χ0v) is 11.0. The zero-order valence-electron chi connectivity index (χ0n) is 10.2. The van der Waals surface area contributed by atoms with Crippen LogP contribution in [0.1, 0.15) is 46.5 Å². The predicted molar refractivity (Wildman–Crippen MR) is 70.4 cm³/mol. The van der Waals surface area contributed by atoms with Gasteiger partial charge in [0.2, 0.25) is 0 Å². The molecule has 1 N–H and O–H groups in total. The highest BCUT2D eigenvalue weighted by Crippen LogP contribution is 2.37. The molecule has 0 saturated carbocycles. The van der Waals surface area contributed by atoms with Crippen LogP contribution in [-0.4, -0.2) is 21.0 Å². The zero-order chi connectivity index (χ0) is 12.7. The number of carboxylic acid groups (broad SMARTS) is 1. The Morgan fingerprint density at radius 1 is 1.39 bits per heavy atom. The summed E-state index contributed by atoms with van der Waals surface area (Å²) in [5.41, 5.74) is 1.37. The molecule has 2 aromatic rings. The van der Waals surface area contributed by atoms with Crippen molar-refractivity contribution >= 4 is 27.5 Å². The van der Waals surface area contributed by atoms with Crippen molar-refractivity contribution in [2.45, 2.75) is 39.0 Å². The van der Waals surface area contributed by atoms with Gasteiger partial charge in [0.15, 0.2) is 5.69 Å². The fourth-order valence-corrected chi connectivity index (χ4v) is 3.81. The van der Waals surface area contributed by atoms with Gasteiger partial charge >= 0.3 is 5.97 Å². The Balaban J connectivity index is 2.28. The molecule has 5 heteroatoms. The van der Waals surface area contributed by atoms with Gasteiger partial charge in [0.25, 0.3) is 0 Å². The molecule has 0 saturated heterocycles. The number of hydrogen-bond donors (Lipinski definition) is 1. The number of aromatic carboxylic acids is 1. The largest absolute Gasteiger partial charge is 0.476 e. The SMILES string of the molecule is CCCc1nc(C(=O)O)c2c3c(sc2n1)CCC3. The van der Waals surface area contributed by atoms with Crippen molar-refractivity contribution in [3.63, 3.8) is 0 Å². The van der Waals surface area contributed by atoms with E-state index in [1.54, 1.807) is 11.3 Å². The molecule has 0 amide bonds. The van der Waals surface area contributed by atoms with Crippen molar-refractivity contribution in [2.24, 2.45) is 0 Å². The van der Waals surface area contributed by atoms with E-state index in [9.17, 15) is 9.90 Å². The normalized spacial score (nSPS) is 14.1. The third-order valence-electron chi connectivity index (χ3n) is 3.29. The van der Waals surface area contributed by atoms with Gasteiger partial charge in [-0.15, -0.1) is 11.3 Å². The molecular formula is C13H14N2O2S. The first kappa shape index (κ1) is 11.6. The van der Waals surface area contributed by atoms with Gasteiger partial charge in [-0.3, -0.25) is 0 Å². The molecule has 0 aliphatic heterocycles. The molecule has 2 aromatic heterocycles. The molecule has 2 heterocycles. The predicted octanol–water partition coefficient (Wildman–Crippen LogP) is 2.83. The number of rotatable bonds is 3. The van der Waals surface area contributed by atoms with Gasteiger partial charge in [-0.05, 0) is 31.2 Å². The molecule has 18 heavy (non-hydrogen) atoms. The second-order valence-electron chi connectivity index (χ2n) is 4.58. The first-order chi connectivity index (χ1) is 8.70. The quantitative estimate of drug-likeness (QED) is 0.923. The molecular weight excluding hydrogens is 248 g/mol. The number of aromatic nitrogens is 2. The summed E-state index contributed by atoms with van der Waals surface area (Å²) in [5.74, 6) is -0.283. The summed E-state index contributed by atoms with van der Waals surface area (Å²) >= 11 is 1.64. The number of nitrogens with zero attached hydrogens (tertiary/aromatic N) is 2. The summed E-state index contributed by atoms with van der Waals surface area (Å²) in [5, 5.41) is 10.1. The Labute approximate surface area is 109 Å². The lowest BCUT2D eigenvalue weighted by molar-refractivity contribution is 0.0692. The monoisotopic (exact) mass is 262 g/mol. The van der Waals surface area contributed by atoms with Crippen LogP contribution in [0.5, 0.6) is 0 Å². The van der Waals surface area contributed by atoms with E-state index in [1.807, 2.05) is 6.92 Å². The Bertz CT molecular complexity index is 633. The number of fused-ring (bicyclic) bond motifs is 3. The molecule has 94 valence electrons. The summed E-state index contributed by atoms with van der Waals surface area (Å²) in [4.78, 5) is 22.3. The summed E-state index contributed by atoms with van der Waals surface area (Å²) in [6.07, 6.45) is 4.80. The van der Waals surface area contributed by atoms with Crippen LogP contribution < -0.4 is 0 Å². The van der Waals surface area contributed by atoms with Gasteiger partial charge in [-0.25, -0.2) is 14.8 Å². The van der Waals surface area contributed by atoms with Gasteiger partial charge in [-0.1, -0.05) is 6.92 Å². The summed E-state index contributed by atoms with van der Waals surface area (Å²) in [6, 6.07) is 0. The van der Waals surface area contributed by atoms with E-state index in [1.165, 1.54) is 10.4 Å². The molecule has 3 rings (SSSR count). The van der Waals surface area contributed by atoms with Crippen LogP contribution in [0.15, 0.2) is 0 Å². The highest BCUT2D eigenvalue weighted by Gasteiger charge is 2.24. The molecule has 0 unspecified atom stereocenters. The minimum Gasteiger partial charge on any atom is -0.476 e. The van der Waals surface area contributed by atoms with Gasteiger partial charge < -0.3 is 5.11 Å². The van der Waals surface area contributed by atoms with Crippen LogP contribution in [0.2, 0.25) is 0 Å². The second-order valence-corrected chi connectivity index (χ2v) is 5.66. The number of thiophene rings is 1. The number of carboxylic acids is 1. The Kier molecular flexibility index (Phi) is 2.78. The highest BCUT2D eigenvalue weighted by atomic mass is 32.1. The van der Waals surface area contributed by atoms with E-state index >= 15 is 0 Å². The van der Waals surface area contributed by atoms with Crippen LogP contribution in [0, 0.1) is 0 Å². The topological polar surface area (TPSA) is 63.1 Å². The minimum absolute atomic E-state index is 0.197. The molecule has 0 atom stereocenters. The van der Waals surface area contributed by atoms with E-state index in [0.29, 0.717) is 5.82 Å². The van der Waals surface area contributed by atoms with E-state index < -0.39 is 5.97 Å². The minimum atomic E-state index is -0.938. The third-order valence-corrected chi connectivity index (χ3v) is 4.47. The lowest BCUT2D eigenvalue weighted by atomic mass is 10.1. The molecule has 0 radical (unpaired) electrons. The van der Waals surface area contributed by atoms with Crippen molar-refractivity contribution in [1.82, 2.24) is 9.97 Å². The van der Waals surface area contributed by atoms with Crippen LogP contribution in [0.3, 0.4) is 0 Å². The Morgan fingerprint density at radius 2 is 2.22 bits per heavy atom. The third kappa shape index (κ3) is 1.70. The fourth-order valence-electron chi connectivity index (χ4n) is 2.53. The average molecular weight is 262 g/mol. The smallest absolute Gasteiger partial charge is 0.355 e. The number of aryl methyl sites for hydroxylation is 3. The summed E-state index contributed by atoms with van der Waals surface area (Å²) in [7, 11) is 0. The summed E-state index contributed by atoms with van der Waals surface area (Å²) in [6.45, 7) is 2.04. The molecule has 1 aliphatic rings. The lowest BCUT2D eigenvalue weighted by Crippen LogP contribution is -2.06. The van der Waals surface area contributed by atoms with Crippen molar-refractivity contribution < 1.29 is 9.90 Å². The van der Waals surface area contributed by atoms with Crippen molar-refractivity contribution in [3.8, 4) is 0 Å². The first-order valence-electron chi connectivity index (χ1n) is 6.25. The lowest BCUT2D eigenvalue weighted by Gasteiger charge is -2.03.